The molecule has 0 aromatic rings. The Kier molecular flexibility index (Phi) is 4.26. The number of hydrogen-bond donors (Lipinski definition) is 2. The summed E-state index contributed by atoms with van der Waals surface area (Å²) in [5.74, 6) is 3.37. The molecule has 2 unspecified atom stereocenters. The third-order valence-corrected chi connectivity index (χ3v) is 4.32. The van der Waals surface area contributed by atoms with Crippen LogP contribution < -0.4 is 10.6 Å². The lowest BCUT2D eigenvalue weighted by Crippen LogP contribution is -2.40. The van der Waals surface area contributed by atoms with E-state index in [1.807, 2.05) is 0 Å². The first-order valence-corrected chi connectivity index (χ1v) is 7.23. The van der Waals surface area contributed by atoms with E-state index in [0.29, 0.717) is 12.1 Å². The third-order valence-electron chi connectivity index (χ3n) is 4.32. The average Bonchev–Trinajstić information content (AvgIpc) is 2.83. The molecule has 0 amide bonds. The Labute approximate surface area is 106 Å². The molecule has 0 aliphatic heterocycles. The first-order valence-electron chi connectivity index (χ1n) is 7.23. The molecule has 17 heavy (non-hydrogen) atoms. The van der Waals surface area contributed by atoms with Gasteiger partial charge in [-0.3, -0.25) is 0 Å². The molecule has 2 nitrogen and oxygen atoms in total. The Morgan fingerprint density at radius 1 is 0.882 bits per heavy atom. The second kappa shape index (κ2) is 5.53. The number of rotatable bonds is 6. The first kappa shape index (κ1) is 13.1. The standard InChI is InChI=1S/C15H28N2/c1-10(2)16-8-14-12-5-6-13(7-12)15(14)9-17-11(3)4/h5-6,10-17H,7-9H2,1-4H3/t12?,13?,14-,15-/m1/s1. The Morgan fingerprint density at radius 2 is 1.29 bits per heavy atom. The van der Waals surface area contributed by atoms with Crippen LogP contribution in [0.3, 0.4) is 0 Å². The zero-order valence-corrected chi connectivity index (χ0v) is 11.7. The molecule has 2 N–H and O–H groups in total. The van der Waals surface area contributed by atoms with E-state index in [4.69, 9.17) is 0 Å². The van der Waals surface area contributed by atoms with E-state index in [0.717, 1.165) is 23.7 Å². The molecule has 0 radical (unpaired) electrons. The maximum Gasteiger partial charge on any atom is 0.00104 e. The quantitative estimate of drug-likeness (QED) is 0.692. The fourth-order valence-corrected chi connectivity index (χ4v) is 3.38. The monoisotopic (exact) mass is 236 g/mol. The molecule has 1 saturated carbocycles. The summed E-state index contributed by atoms with van der Waals surface area (Å²) in [4.78, 5) is 0. The van der Waals surface area contributed by atoms with Gasteiger partial charge in [-0.1, -0.05) is 39.8 Å². The van der Waals surface area contributed by atoms with E-state index in [9.17, 15) is 0 Å². The molecular formula is C15H28N2. The van der Waals surface area contributed by atoms with Crippen LogP contribution in [0.25, 0.3) is 0 Å². The highest BCUT2D eigenvalue weighted by molar-refractivity contribution is 5.14. The van der Waals surface area contributed by atoms with Crippen molar-refractivity contribution >= 4 is 0 Å². The maximum atomic E-state index is 3.63. The molecule has 0 saturated heterocycles. The lowest BCUT2D eigenvalue weighted by atomic mass is 9.82. The van der Waals surface area contributed by atoms with Gasteiger partial charge in [-0.25, -0.2) is 0 Å². The van der Waals surface area contributed by atoms with Gasteiger partial charge >= 0.3 is 0 Å². The second-order valence-electron chi connectivity index (χ2n) is 6.40. The SMILES string of the molecule is CC(C)NC[C@@H]1C2C=CC(C2)[C@H]1CNC(C)C. The van der Waals surface area contributed by atoms with Crippen molar-refractivity contribution < 1.29 is 0 Å². The molecule has 2 rings (SSSR count). The van der Waals surface area contributed by atoms with Crippen LogP contribution in [0.5, 0.6) is 0 Å². The highest BCUT2D eigenvalue weighted by Gasteiger charge is 2.43. The van der Waals surface area contributed by atoms with Crippen molar-refractivity contribution in [2.75, 3.05) is 13.1 Å². The van der Waals surface area contributed by atoms with Crippen LogP contribution in [0, 0.1) is 23.7 Å². The summed E-state index contributed by atoms with van der Waals surface area (Å²) in [5.41, 5.74) is 0. The van der Waals surface area contributed by atoms with Gasteiger partial charge in [0.1, 0.15) is 0 Å². The summed E-state index contributed by atoms with van der Waals surface area (Å²) >= 11 is 0. The topological polar surface area (TPSA) is 24.1 Å². The minimum atomic E-state index is 0.608. The second-order valence-corrected chi connectivity index (χ2v) is 6.40. The fraction of sp³-hybridized carbons (Fsp3) is 0.867. The van der Waals surface area contributed by atoms with Gasteiger partial charge in [-0.15, -0.1) is 0 Å². The van der Waals surface area contributed by atoms with Crippen molar-refractivity contribution in [3.63, 3.8) is 0 Å². The largest absolute Gasteiger partial charge is 0.314 e. The number of fused-ring (bicyclic) bond motifs is 2. The average molecular weight is 236 g/mol. The molecule has 0 spiro atoms. The molecule has 2 bridgehead atoms. The van der Waals surface area contributed by atoms with Gasteiger partial charge in [0.05, 0.1) is 0 Å². The predicted octanol–water partition coefficient (Wildman–Crippen LogP) is 2.42. The fourth-order valence-electron chi connectivity index (χ4n) is 3.38. The van der Waals surface area contributed by atoms with Crippen LogP contribution >= 0.6 is 0 Å². The Bertz CT molecular complexity index is 244. The zero-order chi connectivity index (χ0) is 12.4. The molecule has 0 aromatic heterocycles. The molecular weight excluding hydrogens is 208 g/mol. The Hall–Kier alpha value is -0.340. The summed E-state index contributed by atoms with van der Waals surface area (Å²) in [6, 6.07) is 1.22. The predicted molar refractivity (Wildman–Crippen MR) is 74.0 cm³/mol. The lowest BCUT2D eigenvalue weighted by molar-refractivity contribution is 0.274. The van der Waals surface area contributed by atoms with E-state index in [1.165, 1.54) is 19.5 Å². The summed E-state index contributed by atoms with van der Waals surface area (Å²) in [5, 5.41) is 7.26. The normalized spacial score (nSPS) is 35.4. The molecule has 1 fully saturated rings. The highest BCUT2D eigenvalue weighted by atomic mass is 14.9. The summed E-state index contributed by atoms with van der Waals surface area (Å²) in [6.07, 6.45) is 6.32. The van der Waals surface area contributed by atoms with E-state index < -0.39 is 0 Å². The van der Waals surface area contributed by atoms with Crippen molar-refractivity contribution in [1.82, 2.24) is 10.6 Å². The van der Waals surface area contributed by atoms with Gasteiger partial charge in [0.25, 0.3) is 0 Å². The molecule has 98 valence electrons. The molecule has 2 heteroatoms. The molecule has 2 aliphatic rings. The number of allylic oxidation sites excluding steroid dienone is 2. The van der Waals surface area contributed by atoms with E-state index in [1.54, 1.807) is 0 Å². The van der Waals surface area contributed by atoms with Gasteiger partial charge in [-0.2, -0.15) is 0 Å². The molecule has 2 aliphatic carbocycles. The van der Waals surface area contributed by atoms with Gasteiger partial charge in [0, 0.05) is 12.1 Å². The minimum Gasteiger partial charge on any atom is -0.314 e. The van der Waals surface area contributed by atoms with Crippen LogP contribution in [0.1, 0.15) is 34.1 Å². The molecule has 0 heterocycles. The van der Waals surface area contributed by atoms with Crippen molar-refractivity contribution in [1.29, 1.82) is 0 Å². The summed E-state index contributed by atoms with van der Waals surface area (Å²) in [7, 11) is 0. The molecule has 0 aromatic carbocycles. The van der Waals surface area contributed by atoms with Crippen LogP contribution in [0.15, 0.2) is 12.2 Å². The van der Waals surface area contributed by atoms with Crippen LogP contribution in [-0.2, 0) is 0 Å². The van der Waals surface area contributed by atoms with Gasteiger partial charge in [-0.05, 0) is 43.2 Å². The van der Waals surface area contributed by atoms with Crippen molar-refractivity contribution in [2.24, 2.45) is 23.7 Å². The summed E-state index contributed by atoms with van der Waals surface area (Å²) in [6.45, 7) is 11.3. The van der Waals surface area contributed by atoms with Crippen LogP contribution in [-0.4, -0.2) is 25.2 Å². The maximum absolute atomic E-state index is 3.63. The highest BCUT2D eigenvalue weighted by Crippen LogP contribution is 2.47. The minimum absolute atomic E-state index is 0.608. The van der Waals surface area contributed by atoms with E-state index in [2.05, 4.69) is 50.5 Å². The zero-order valence-electron chi connectivity index (χ0n) is 11.7. The first-order chi connectivity index (χ1) is 8.08. The smallest absolute Gasteiger partial charge is 0.00104 e. The Morgan fingerprint density at radius 3 is 1.65 bits per heavy atom. The number of nitrogens with one attached hydrogen (secondary N) is 2. The van der Waals surface area contributed by atoms with Crippen molar-refractivity contribution in [3.05, 3.63) is 12.2 Å². The molecule has 4 atom stereocenters. The van der Waals surface area contributed by atoms with Gasteiger partial charge in [0.2, 0.25) is 0 Å². The van der Waals surface area contributed by atoms with Crippen LogP contribution in [0.2, 0.25) is 0 Å². The lowest BCUT2D eigenvalue weighted by Gasteiger charge is -2.30. The number of hydrogen-bond acceptors (Lipinski definition) is 2. The van der Waals surface area contributed by atoms with Gasteiger partial charge in [0.15, 0.2) is 0 Å². The van der Waals surface area contributed by atoms with E-state index >= 15 is 0 Å². The third kappa shape index (κ3) is 3.11. The Balaban J connectivity index is 1.90. The van der Waals surface area contributed by atoms with Crippen molar-refractivity contribution in [2.45, 2.75) is 46.2 Å². The van der Waals surface area contributed by atoms with Crippen molar-refractivity contribution in [3.8, 4) is 0 Å². The van der Waals surface area contributed by atoms with Gasteiger partial charge < -0.3 is 10.6 Å². The van der Waals surface area contributed by atoms with Crippen LogP contribution in [0.4, 0.5) is 0 Å². The van der Waals surface area contributed by atoms with E-state index in [-0.39, 0.29) is 0 Å². The summed E-state index contributed by atoms with van der Waals surface area (Å²) < 4.78 is 0.